The third-order valence-electron chi connectivity index (χ3n) is 3.77. The van der Waals surface area contributed by atoms with Crippen LogP contribution >= 0.6 is 0 Å². The molecule has 2 amide bonds. The number of likely N-dealkylation sites (tertiary alicyclic amines) is 1. The molecule has 0 spiro atoms. The highest BCUT2D eigenvalue weighted by molar-refractivity contribution is 5.96. The van der Waals surface area contributed by atoms with Crippen LogP contribution in [0.3, 0.4) is 0 Å². The maximum Gasteiger partial charge on any atom is 0.254 e. The second kappa shape index (κ2) is 6.26. The number of hydrogen-bond donors (Lipinski definition) is 1. The molecule has 1 aromatic rings. The van der Waals surface area contributed by atoms with Crippen molar-refractivity contribution in [3.8, 4) is 0 Å². The number of carbonyl (C=O) groups is 2. The summed E-state index contributed by atoms with van der Waals surface area (Å²) in [5.41, 5.74) is -0.255. The van der Waals surface area contributed by atoms with Gasteiger partial charge in [0, 0.05) is 25.7 Å². The minimum Gasteiger partial charge on any atom is -0.388 e. The second-order valence-corrected chi connectivity index (χ2v) is 5.94. The fraction of sp³-hybridized carbons (Fsp3) is 0.500. The van der Waals surface area contributed by atoms with E-state index in [9.17, 15) is 14.7 Å². The van der Waals surface area contributed by atoms with Crippen LogP contribution in [-0.4, -0.2) is 59.0 Å². The van der Waals surface area contributed by atoms with E-state index in [-0.39, 0.29) is 18.4 Å². The Kier molecular flexibility index (Phi) is 4.63. The molecule has 5 nitrogen and oxygen atoms in total. The summed E-state index contributed by atoms with van der Waals surface area (Å²) in [6, 6.07) is 8.90. The normalized spacial score (nSPS) is 22.0. The minimum atomic E-state index is -0.823. The lowest BCUT2D eigenvalue weighted by Crippen LogP contribution is -2.51. The van der Waals surface area contributed by atoms with Gasteiger partial charge in [0.1, 0.15) is 0 Å². The third-order valence-corrected chi connectivity index (χ3v) is 3.77. The lowest BCUT2D eigenvalue weighted by atomic mass is 9.95. The predicted molar refractivity (Wildman–Crippen MR) is 79.8 cm³/mol. The molecule has 114 valence electrons. The number of hydrogen-bond acceptors (Lipinski definition) is 3. The molecule has 2 rings (SSSR count). The maximum atomic E-state index is 12.3. The number of nitrogens with zero attached hydrogens (tertiary/aromatic N) is 2. The van der Waals surface area contributed by atoms with Crippen molar-refractivity contribution in [1.29, 1.82) is 0 Å². The van der Waals surface area contributed by atoms with Crippen LogP contribution in [0.5, 0.6) is 0 Å². The van der Waals surface area contributed by atoms with Crippen LogP contribution in [0.2, 0.25) is 0 Å². The molecule has 0 bridgehead atoms. The zero-order valence-electron chi connectivity index (χ0n) is 12.6. The Morgan fingerprint density at radius 2 is 2.00 bits per heavy atom. The van der Waals surface area contributed by atoms with E-state index < -0.39 is 5.60 Å². The van der Waals surface area contributed by atoms with Crippen LogP contribution in [0.15, 0.2) is 30.3 Å². The average molecular weight is 290 g/mol. The lowest BCUT2D eigenvalue weighted by molar-refractivity contribution is -0.137. The average Bonchev–Trinajstić information content (AvgIpc) is 2.46. The first-order valence-electron chi connectivity index (χ1n) is 7.20. The second-order valence-electron chi connectivity index (χ2n) is 5.94. The molecule has 0 aromatic heterocycles. The van der Waals surface area contributed by atoms with Gasteiger partial charge in [0.15, 0.2) is 0 Å². The van der Waals surface area contributed by atoms with Crippen molar-refractivity contribution < 1.29 is 14.7 Å². The summed E-state index contributed by atoms with van der Waals surface area (Å²) < 4.78 is 0. The van der Waals surface area contributed by atoms with Crippen molar-refractivity contribution in [3.63, 3.8) is 0 Å². The fourth-order valence-corrected chi connectivity index (χ4v) is 2.61. The maximum absolute atomic E-state index is 12.3. The van der Waals surface area contributed by atoms with Crippen molar-refractivity contribution in [2.75, 3.05) is 26.7 Å². The van der Waals surface area contributed by atoms with Crippen LogP contribution < -0.4 is 0 Å². The van der Waals surface area contributed by atoms with Crippen LogP contribution in [0.25, 0.3) is 0 Å². The highest BCUT2D eigenvalue weighted by atomic mass is 16.3. The molecule has 5 heteroatoms. The number of rotatable bonds is 3. The number of β-amino-alcohol motifs (C(OH)–C–C–N with tert-alkyl or cyclic N) is 1. The van der Waals surface area contributed by atoms with Gasteiger partial charge in [0.25, 0.3) is 5.91 Å². The highest BCUT2D eigenvalue weighted by Gasteiger charge is 2.31. The summed E-state index contributed by atoms with van der Waals surface area (Å²) in [4.78, 5) is 27.5. The fourth-order valence-electron chi connectivity index (χ4n) is 2.61. The molecule has 0 saturated carbocycles. The highest BCUT2D eigenvalue weighted by Crippen LogP contribution is 2.20. The topological polar surface area (TPSA) is 60.9 Å². The lowest BCUT2D eigenvalue weighted by Gasteiger charge is -2.37. The Morgan fingerprint density at radius 3 is 2.62 bits per heavy atom. The number of aliphatic hydroxyl groups is 1. The minimum absolute atomic E-state index is 0.0316. The Labute approximate surface area is 125 Å². The molecule has 0 aliphatic carbocycles. The van der Waals surface area contributed by atoms with E-state index in [0.29, 0.717) is 25.1 Å². The van der Waals surface area contributed by atoms with Gasteiger partial charge in [-0.05, 0) is 31.9 Å². The molecule has 1 atom stereocenters. The number of carbonyl (C=O) groups excluding carboxylic acids is 2. The van der Waals surface area contributed by atoms with Crippen LogP contribution in [0, 0.1) is 0 Å². The van der Waals surface area contributed by atoms with Crippen LogP contribution in [0.4, 0.5) is 0 Å². The molecule has 0 radical (unpaired) electrons. The number of likely N-dealkylation sites (N-methyl/N-ethyl adjacent to an activating group) is 1. The molecule has 1 aromatic carbocycles. The Hall–Kier alpha value is -1.88. The number of amides is 2. The van der Waals surface area contributed by atoms with E-state index >= 15 is 0 Å². The third kappa shape index (κ3) is 4.04. The van der Waals surface area contributed by atoms with E-state index in [0.717, 1.165) is 6.42 Å². The monoisotopic (exact) mass is 290 g/mol. The van der Waals surface area contributed by atoms with Gasteiger partial charge in [-0.2, -0.15) is 0 Å². The summed E-state index contributed by atoms with van der Waals surface area (Å²) in [5.74, 6) is -0.297. The number of piperidine rings is 1. The van der Waals surface area contributed by atoms with Gasteiger partial charge in [-0.1, -0.05) is 18.2 Å². The van der Waals surface area contributed by atoms with Gasteiger partial charge >= 0.3 is 0 Å². The van der Waals surface area contributed by atoms with E-state index in [1.54, 1.807) is 43.1 Å². The summed E-state index contributed by atoms with van der Waals surface area (Å²) in [6.45, 7) is 2.75. The first-order valence-corrected chi connectivity index (χ1v) is 7.20. The molecule has 1 aliphatic rings. The summed E-state index contributed by atoms with van der Waals surface area (Å²) >= 11 is 0. The Bertz CT molecular complexity index is 514. The SMILES string of the molecule is CN(CC(=O)N1CCCC(C)(O)C1)C(=O)c1ccccc1. The standard InChI is InChI=1S/C16H22N2O3/c1-16(21)9-6-10-18(12-16)14(19)11-17(2)15(20)13-7-4-3-5-8-13/h3-5,7-8,21H,6,9-12H2,1-2H3. The van der Waals surface area contributed by atoms with E-state index in [1.165, 1.54) is 4.90 Å². The van der Waals surface area contributed by atoms with Crippen molar-refractivity contribution in [1.82, 2.24) is 9.80 Å². The number of benzene rings is 1. The van der Waals surface area contributed by atoms with Gasteiger partial charge in [-0.25, -0.2) is 0 Å². The molecular formula is C16H22N2O3. The molecule has 1 aliphatic heterocycles. The quantitative estimate of drug-likeness (QED) is 0.908. The van der Waals surface area contributed by atoms with Crippen molar-refractivity contribution >= 4 is 11.8 Å². The molecular weight excluding hydrogens is 268 g/mol. The van der Waals surface area contributed by atoms with Gasteiger partial charge in [-0.3, -0.25) is 9.59 Å². The largest absolute Gasteiger partial charge is 0.388 e. The predicted octanol–water partition coefficient (Wildman–Crippen LogP) is 1.13. The van der Waals surface area contributed by atoms with Gasteiger partial charge < -0.3 is 14.9 Å². The van der Waals surface area contributed by atoms with Gasteiger partial charge in [0.05, 0.1) is 12.1 Å². The molecule has 1 unspecified atom stereocenters. The van der Waals surface area contributed by atoms with E-state index in [2.05, 4.69) is 0 Å². The van der Waals surface area contributed by atoms with Crippen molar-refractivity contribution in [2.45, 2.75) is 25.4 Å². The van der Waals surface area contributed by atoms with E-state index in [4.69, 9.17) is 0 Å². The zero-order chi connectivity index (χ0) is 15.5. The van der Waals surface area contributed by atoms with E-state index in [1.807, 2.05) is 6.07 Å². The van der Waals surface area contributed by atoms with Gasteiger partial charge in [0.2, 0.25) is 5.91 Å². The van der Waals surface area contributed by atoms with Crippen molar-refractivity contribution in [3.05, 3.63) is 35.9 Å². The first kappa shape index (κ1) is 15.5. The molecule has 1 saturated heterocycles. The summed E-state index contributed by atoms with van der Waals surface area (Å²) in [5, 5.41) is 10.0. The molecule has 1 heterocycles. The molecule has 1 N–H and O–H groups in total. The molecule has 1 fully saturated rings. The molecule has 21 heavy (non-hydrogen) atoms. The first-order chi connectivity index (χ1) is 9.89. The van der Waals surface area contributed by atoms with Crippen LogP contribution in [-0.2, 0) is 4.79 Å². The van der Waals surface area contributed by atoms with Crippen LogP contribution in [0.1, 0.15) is 30.1 Å². The van der Waals surface area contributed by atoms with Crippen molar-refractivity contribution in [2.24, 2.45) is 0 Å². The van der Waals surface area contributed by atoms with Gasteiger partial charge in [-0.15, -0.1) is 0 Å². The Balaban J connectivity index is 1.94. The smallest absolute Gasteiger partial charge is 0.254 e. The Morgan fingerprint density at radius 1 is 1.33 bits per heavy atom. The summed E-state index contributed by atoms with van der Waals surface area (Å²) in [7, 11) is 1.62. The zero-order valence-corrected chi connectivity index (χ0v) is 12.6. The summed E-state index contributed by atoms with van der Waals surface area (Å²) in [6.07, 6.45) is 1.49.